The van der Waals surface area contributed by atoms with Crippen LogP contribution < -0.4 is 0 Å². The average molecular weight is 186 g/mol. The van der Waals surface area contributed by atoms with E-state index in [1.54, 1.807) is 17.1 Å². The van der Waals surface area contributed by atoms with E-state index in [9.17, 15) is 0 Å². The molecule has 4 nitrogen and oxygen atoms in total. The molecule has 0 unspecified atom stereocenters. The van der Waals surface area contributed by atoms with E-state index in [0.717, 1.165) is 0 Å². The Bertz CT molecular complexity index is 130. The van der Waals surface area contributed by atoms with Gasteiger partial charge in [0.15, 0.2) is 0 Å². The summed E-state index contributed by atoms with van der Waals surface area (Å²) in [5.74, 6) is 0. The van der Waals surface area contributed by atoms with Crippen molar-refractivity contribution in [3.63, 3.8) is 0 Å². The average Bonchev–Trinajstić information content (AvgIpc) is 1.82. The Labute approximate surface area is 65.9 Å². The molecule has 0 saturated heterocycles. The number of hydrogen-bond donors (Lipinski definition) is 0. The van der Waals surface area contributed by atoms with E-state index in [-0.39, 0.29) is 0 Å². The predicted octanol–water partition coefficient (Wildman–Crippen LogP) is 0.642. The van der Waals surface area contributed by atoms with Crippen LogP contribution in [0.1, 0.15) is 0 Å². The Hall–Kier alpha value is -0.956. The third kappa shape index (κ3) is 61.6. The van der Waals surface area contributed by atoms with E-state index < -0.39 is 5.09 Å². The first-order valence-electron chi connectivity index (χ1n) is 2.06. The molecule has 0 N–H and O–H groups in total. The molecule has 0 aliphatic carbocycles. The van der Waals surface area contributed by atoms with Gasteiger partial charge in [0, 0.05) is 0 Å². The summed E-state index contributed by atoms with van der Waals surface area (Å²) in [6.07, 6.45) is 4.83. The number of allylic oxidation sites excluding steroid dienone is 3. The number of nitrogens with zero attached hydrogens (tertiary/aromatic N) is 1. The fourth-order valence-electron chi connectivity index (χ4n) is 0.0993. The SMILES string of the molecule is O=[N+]([O-])[O-].[CH-]=C/C=C\[CH]=[Ni]. The van der Waals surface area contributed by atoms with Crippen molar-refractivity contribution in [1.29, 1.82) is 0 Å². The van der Waals surface area contributed by atoms with Gasteiger partial charge in [0.05, 0.1) is 5.09 Å². The Morgan fingerprint density at radius 3 is 1.90 bits per heavy atom. The second-order valence-corrected chi connectivity index (χ2v) is 1.24. The van der Waals surface area contributed by atoms with Gasteiger partial charge in [0.2, 0.25) is 0 Å². The van der Waals surface area contributed by atoms with Crippen LogP contribution in [0.5, 0.6) is 0 Å². The zero-order valence-electron chi connectivity index (χ0n) is 4.87. The molecule has 0 spiro atoms. The van der Waals surface area contributed by atoms with Crippen molar-refractivity contribution in [2.24, 2.45) is 0 Å². The molecule has 0 aromatic heterocycles. The molecule has 0 rings (SSSR count). The van der Waals surface area contributed by atoms with Crippen LogP contribution in [0.15, 0.2) is 18.2 Å². The second kappa shape index (κ2) is 10.9. The van der Waals surface area contributed by atoms with Crippen molar-refractivity contribution in [1.82, 2.24) is 0 Å². The number of rotatable bonds is 2. The minimum absolute atomic E-state index is 1.44. The zero-order valence-corrected chi connectivity index (χ0v) is 5.86. The van der Waals surface area contributed by atoms with Crippen molar-refractivity contribution in [3.05, 3.63) is 40.1 Å². The molecule has 0 atom stereocenters. The van der Waals surface area contributed by atoms with Gasteiger partial charge in [-0.3, -0.25) is 0 Å². The molecule has 0 aromatic carbocycles. The summed E-state index contributed by atoms with van der Waals surface area (Å²) in [5.41, 5.74) is 0. The maximum absolute atomic E-state index is 8.25. The quantitative estimate of drug-likeness (QED) is 0.209. The molecule has 0 aliphatic rings. The first-order chi connectivity index (χ1) is 4.65. The van der Waals surface area contributed by atoms with E-state index in [2.05, 4.69) is 15.0 Å². The third-order valence-corrected chi connectivity index (χ3v) is 0.473. The Morgan fingerprint density at radius 1 is 1.40 bits per heavy atom. The monoisotopic (exact) mass is 185 g/mol. The number of hydrogen-bond acceptors (Lipinski definition) is 3. The molecule has 0 heterocycles. The van der Waals surface area contributed by atoms with E-state index in [4.69, 9.17) is 21.9 Å². The second-order valence-electron chi connectivity index (χ2n) is 0.906. The maximum atomic E-state index is 8.25. The van der Waals surface area contributed by atoms with Gasteiger partial charge in [0.25, 0.3) is 0 Å². The van der Waals surface area contributed by atoms with Gasteiger partial charge in [-0.15, -0.1) is 0 Å². The zero-order chi connectivity index (χ0) is 8.41. The summed E-state index contributed by atoms with van der Waals surface area (Å²) in [6.45, 7) is 4.94. The van der Waals surface area contributed by atoms with Crippen molar-refractivity contribution in [2.45, 2.75) is 0 Å². The van der Waals surface area contributed by atoms with Crippen molar-refractivity contribution in [2.75, 3.05) is 0 Å². The molecule has 10 heavy (non-hydrogen) atoms. The Morgan fingerprint density at radius 2 is 1.80 bits per heavy atom. The topological polar surface area (TPSA) is 66.2 Å². The van der Waals surface area contributed by atoms with Crippen LogP contribution in [0.4, 0.5) is 0 Å². The molecule has 0 saturated carbocycles. The third-order valence-electron chi connectivity index (χ3n) is 0.283. The summed E-state index contributed by atoms with van der Waals surface area (Å²) in [4.78, 5) is 9.80. The van der Waals surface area contributed by atoms with Gasteiger partial charge in [-0.25, -0.2) is 0 Å². The standard InChI is InChI=1S/C5H5.NO3.Ni/c1-3-5-4-2;2-1(3)4;/h1-5H;;/q2*-1;/b5-3-;;. The van der Waals surface area contributed by atoms with E-state index in [1.165, 1.54) is 6.08 Å². The molecular formula is C5H5NNiO3-2. The van der Waals surface area contributed by atoms with Crippen molar-refractivity contribution in [3.8, 4) is 0 Å². The van der Waals surface area contributed by atoms with E-state index in [0.29, 0.717) is 0 Å². The van der Waals surface area contributed by atoms with Gasteiger partial charge in [-0.2, -0.15) is 0 Å². The normalized spacial score (nSPS) is 7.80. The minimum atomic E-state index is -1.75. The van der Waals surface area contributed by atoms with Crippen LogP contribution in [0.2, 0.25) is 0 Å². The Kier molecular flexibility index (Phi) is 12.9. The molecule has 60 valence electrons. The van der Waals surface area contributed by atoms with Gasteiger partial charge in [-0.1, -0.05) is 0 Å². The molecule has 0 fully saturated rings. The van der Waals surface area contributed by atoms with Crippen LogP contribution in [0, 0.1) is 21.9 Å². The van der Waals surface area contributed by atoms with Crippen LogP contribution in [-0.4, -0.2) is 10.1 Å². The first-order valence-corrected chi connectivity index (χ1v) is 2.63. The molecule has 0 aliphatic heterocycles. The summed E-state index contributed by atoms with van der Waals surface area (Å²) in [5, 5.41) is 14.8. The summed E-state index contributed by atoms with van der Waals surface area (Å²) >= 11 is 4.18. The van der Waals surface area contributed by atoms with Crippen LogP contribution >= 0.6 is 0 Å². The van der Waals surface area contributed by atoms with Crippen molar-refractivity contribution < 1.29 is 20.1 Å². The first kappa shape index (κ1) is 11.8. The van der Waals surface area contributed by atoms with E-state index >= 15 is 0 Å². The van der Waals surface area contributed by atoms with Crippen LogP contribution in [0.25, 0.3) is 0 Å². The predicted molar refractivity (Wildman–Crippen MR) is 34.4 cm³/mol. The summed E-state index contributed by atoms with van der Waals surface area (Å²) in [7, 11) is 0. The van der Waals surface area contributed by atoms with Crippen LogP contribution in [0.3, 0.4) is 0 Å². The molecular weight excluding hydrogens is 181 g/mol. The molecule has 0 aromatic rings. The van der Waals surface area contributed by atoms with Gasteiger partial charge >= 0.3 is 44.8 Å². The van der Waals surface area contributed by atoms with E-state index in [1.807, 2.05) is 0 Å². The Balaban J connectivity index is 0. The van der Waals surface area contributed by atoms with Crippen molar-refractivity contribution >= 4 is 4.99 Å². The molecule has 0 radical (unpaired) electrons. The van der Waals surface area contributed by atoms with Crippen LogP contribution in [-0.2, 0) is 15.0 Å². The fraction of sp³-hybridized carbons (Fsp3) is 0. The summed E-state index contributed by atoms with van der Waals surface area (Å²) < 4.78 is 0. The fourth-order valence-corrected chi connectivity index (χ4v) is 0.209. The van der Waals surface area contributed by atoms with Gasteiger partial charge in [0.1, 0.15) is 0 Å². The summed E-state index contributed by atoms with van der Waals surface area (Å²) in [6, 6.07) is 0. The van der Waals surface area contributed by atoms with Gasteiger partial charge in [-0.05, 0) is 0 Å². The molecule has 0 bridgehead atoms. The molecule has 0 amide bonds. The molecule has 5 heteroatoms. The van der Waals surface area contributed by atoms with Gasteiger partial charge < -0.3 is 15.3 Å².